The number of aromatic nitrogens is 1. The van der Waals surface area contributed by atoms with Crippen molar-refractivity contribution in [3.8, 4) is 0 Å². The molecule has 2 fully saturated rings. The molecule has 3 heteroatoms. The van der Waals surface area contributed by atoms with Gasteiger partial charge in [0.05, 0.1) is 0 Å². The third-order valence-electron chi connectivity index (χ3n) is 4.02. The maximum Gasteiger partial charge on any atom is 0.129 e. The third kappa shape index (κ3) is 3.42. The van der Waals surface area contributed by atoms with Gasteiger partial charge in [-0.2, -0.15) is 0 Å². The quantitative estimate of drug-likeness (QED) is 0.697. The van der Waals surface area contributed by atoms with Gasteiger partial charge in [-0.1, -0.05) is 13.3 Å². The average Bonchev–Trinajstić information content (AvgIpc) is 3.28. The molecule has 0 atom stereocenters. The zero-order valence-corrected chi connectivity index (χ0v) is 12.5. The van der Waals surface area contributed by atoms with Crippen LogP contribution < -0.4 is 4.90 Å². The molecule has 0 unspecified atom stereocenters. The van der Waals surface area contributed by atoms with Crippen molar-refractivity contribution in [1.82, 2.24) is 4.98 Å². The van der Waals surface area contributed by atoms with E-state index in [1.807, 2.05) is 0 Å². The Morgan fingerprint density at radius 1 is 1.26 bits per heavy atom. The molecule has 0 aromatic carbocycles. The van der Waals surface area contributed by atoms with E-state index in [9.17, 15) is 0 Å². The van der Waals surface area contributed by atoms with E-state index < -0.39 is 0 Å². The number of hydrogen-bond acceptors (Lipinski definition) is 2. The first-order valence-corrected chi connectivity index (χ1v) is 8.16. The molecule has 2 saturated carbocycles. The van der Waals surface area contributed by atoms with E-state index in [0.29, 0.717) is 5.88 Å². The number of rotatable bonds is 7. The molecule has 1 aromatic rings. The van der Waals surface area contributed by atoms with E-state index in [4.69, 9.17) is 16.6 Å². The number of pyridine rings is 1. The Hall–Kier alpha value is -0.760. The predicted octanol–water partition coefficient (Wildman–Crippen LogP) is 4.15. The highest BCUT2D eigenvalue weighted by Crippen LogP contribution is 2.37. The minimum Gasteiger partial charge on any atom is -0.353 e. The van der Waals surface area contributed by atoms with Crippen molar-refractivity contribution >= 4 is 17.4 Å². The van der Waals surface area contributed by atoms with Gasteiger partial charge < -0.3 is 4.90 Å². The van der Waals surface area contributed by atoms with Crippen LogP contribution in [0.15, 0.2) is 12.1 Å². The lowest BCUT2D eigenvalue weighted by atomic mass is 10.1. The molecule has 19 heavy (non-hydrogen) atoms. The van der Waals surface area contributed by atoms with Crippen LogP contribution in [0, 0.1) is 5.92 Å². The van der Waals surface area contributed by atoms with E-state index in [0.717, 1.165) is 24.8 Å². The van der Waals surface area contributed by atoms with E-state index >= 15 is 0 Å². The monoisotopic (exact) mass is 278 g/mol. The summed E-state index contributed by atoms with van der Waals surface area (Å²) in [5.74, 6) is 2.68. The van der Waals surface area contributed by atoms with Gasteiger partial charge in [-0.3, -0.25) is 0 Å². The Bertz CT molecular complexity index is 438. The first kappa shape index (κ1) is 13.2. The zero-order chi connectivity index (χ0) is 13.2. The normalized spacial score (nSPS) is 18.6. The second-order valence-electron chi connectivity index (χ2n) is 6.04. The second kappa shape index (κ2) is 5.70. The number of halogens is 1. The first-order chi connectivity index (χ1) is 9.30. The lowest BCUT2D eigenvalue weighted by molar-refractivity contribution is 0.704. The Morgan fingerprint density at radius 3 is 2.63 bits per heavy atom. The van der Waals surface area contributed by atoms with Crippen molar-refractivity contribution in [2.24, 2.45) is 5.92 Å². The lowest BCUT2D eigenvalue weighted by Crippen LogP contribution is -2.29. The van der Waals surface area contributed by atoms with Crippen LogP contribution in [0.1, 0.15) is 50.3 Å². The largest absolute Gasteiger partial charge is 0.353 e. The van der Waals surface area contributed by atoms with Crippen LogP contribution in [-0.4, -0.2) is 17.6 Å². The van der Waals surface area contributed by atoms with Crippen LogP contribution in [-0.2, 0) is 12.3 Å². The standard InChI is InChI=1S/C16H23ClN2/c1-2-3-14-8-13(10-17)9-16(18-14)19(15-6-7-15)11-12-4-5-12/h8-9,12,15H,2-7,10-11H2,1H3. The zero-order valence-electron chi connectivity index (χ0n) is 11.7. The van der Waals surface area contributed by atoms with Crippen LogP contribution in [0.3, 0.4) is 0 Å². The van der Waals surface area contributed by atoms with Crippen LogP contribution in [0.4, 0.5) is 5.82 Å². The van der Waals surface area contributed by atoms with Gasteiger partial charge in [0.2, 0.25) is 0 Å². The Labute approximate surface area is 121 Å². The van der Waals surface area contributed by atoms with E-state index in [2.05, 4.69) is 24.0 Å². The van der Waals surface area contributed by atoms with Gasteiger partial charge in [0.1, 0.15) is 5.82 Å². The average molecular weight is 279 g/mol. The summed E-state index contributed by atoms with van der Waals surface area (Å²) in [4.78, 5) is 7.43. The number of hydrogen-bond donors (Lipinski definition) is 0. The molecular weight excluding hydrogens is 256 g/mol. The fraction of sp³-hybridized carbons (Fsp3) is 0.688. The maximum atomic E-state index is 6.04. The summed E-state index contributed by atoms with van der Waals surface area (Å²) >= 11 is 6.04. The van der Waals surface area contributed by atoms with Gasteiger partial charge >= 0.3 is 0 Å². The van der Waals surface area contributed by atoms with Crippen molar-refractivity contribution < 1.29 is 0 Å². The molecular formula is C16H23ClN2. The molecule has 1 aromatic heterocycles. The highest BCUT2D eigenvalue weighted by atomic mass is 35.5. The summed E-state index contributed by atoms with van der Waals surface area (Å²) in [6.45, 7) is 3.41. The van der Waals surface area contributed by atoms with Gasteiger partial charge in [0.15, 0.2) is 0 Å². The molecule has 0 bridgehead atoms. The van der Waals surface area contributed by atoms with E-state index in [1.165, 1.54) is 49.3 Å². The van der Waals surface area contributed by atoms with Gasteiger partial charge in [0.25, 0.3) is 0 Å². The van der Waals surface area contributed by atoms with Crippen molar-refractivity contribution in [3.05, 3.63) is 23.4 Å². The number of nitrogens with zero attached hydrogens (tertiary/aromatic N) is 2. The summed E-state index contributed by atoms with van der Waals surface area (Å²) < 4.78 is 0. The Kier molecular flexibility index (Phi) is 3.97. The molecule has 0 amide bonds. The molecule has 0 saturated heterocycles. The molecule has 0 aliphatic heterocycles. The Balaban J connectivity index is 1.84. The summed E-state index contributed by atoms with van der Waals surface area (Å²) in [6.07, 6.45) is 7.68. The highest BCUT2D eigenvalue weighted by Gasteiger charge is 2.34. The molecule has 2 aliphatic rings. The fourth-order valence-electron chi connectivity index (χ4n) is 2.64. The van der Waals surface area contributed by atoms with E-state index in [-0.39, 0.29) is 0 Å². The summed E-state index contributed by atoms with van der Waals surface area (Å²) in [6, 6.07) is 5.11. The molecule has 1 heterocycles. The maximum absolute atomic E-state index is 6.04. The van der Waals surface area contributed by atoms with Crippen LogP contribution in [0.2, 0.25) is 0 Å². The minimum absolute atomic E-state index is 0.591. The van der Waals surface area contributed by atoms with Gasteiger partial charge in [-0.25, -0.2) is 4.98 Å². The van der Waals surface area contributed by atoms with Gasteiger partial charge in [-0.05, 0) is 55.7 Å². The van der Waals surface area contributed by atoms with Crippen molar-refractivity contribution in [1.29, 1.82) is 0 Å². The molecule has 3 rings (SSSR count). The first-order valence-electron chi connectivity index (χ1n) is 7.62. The SMILES string of the molecule is CCCc1cc(CCl)cc(N(CC2CC2)C2CC2)n1. The predicted molar refractivity (Wildman–Crippen MR) is 80.9 cm³/mol. The van der Waals surface area contributed by atoms with Crippen LogP contribution >= 0.6 is 11.6 Å². The molecule has 0 N–H and O–H groups in total. The molecule has 2 nitrogen and oxygen atoms in total. The number of aryl methyl sites for hydroxylation is 1. The summed E-state index contributed by atoms with van der Waals surface area (Å²) in [5.41, 5.74) is 2.42. The number of alkyl halides is 1. The molecule has 0 spiro atoms. The second-order valence-corrected chi connectivity index (χ2v) is 6.30. The Morgan fingerprint density at radius 2 is 2.05 bits per heavy atom. The van der Waals surface area contributed by atoms with Crippen molar-refractivity contribution in [2.45, 2.75) is 57.4 Å². The summed E-state index contributed by atoms with van der Waals surface area (Å²) in [5, 5.41) is 0. The highest BCUT2D eigenvalue weighted by molar-refractivity contribution is 6.17. The fourth-order valence-corrected chi connectivity index (χ4v) is 2.79. The van der Waals surface area contributed by atoms with E-state index in [1.54, 1.807) is 0 Å². The van der Waals surface area contributed by atoms with Gasteiger partial charge in [0, 0.05) is 24.2 Å². The van der Waals surface area contributed by atoms with Gasteiger partial charge in [-0.15, -0.1) is 11.6 Å². The van der Waals surface area contributed by atoms with Crippen LogP contribution in [0.5, 0.6) is 0 Å². The number of anilines is 1. The molecule has 104 valence electrons. The van der Waals surface area contributed by atoms with Crippen LogP contribution in [0.25, 0.3) is 0 Å². The third-order valence-corrected chi connectivity index (χ3v) is 4.33. The summed E-state index contributed by atoms with van der Waals surface area (Å²) in [7, 11) is 0. The van der Waals surface area contributed by atoms with Crippen molar-refractivity contribution in [3.63, 3.8) is 0 Å². The topological polar surface area (TPSA) is 16.1 Å². The molecule has 0 radical (unpaired) electrons. The minimum atomic E-state index is 0.591. The smallest absolute Gasteiger partial charge is 0.129 e. The lowest BCUT2D eigenvalue weighted by Gasteiger charge is -2.24. The van der Waals surface area contributed by atoms with Crippen molar-refractivity contribution in [2.75, 3.05) is 11.4 Å². The molecule has 2 aliphatic carbocycles.